The average Bonchev–Trinajstić information content (AvgIpc) is 2.35. The maximum absolute atomic E-state index is 13.5. The number of anilines is 1. The van der Waals surface area contributed by atoms with E-state index in [1.165, 1.54) is 0 Å². The van der Waals surface area contributed by atoms with Crippen LogP contribution in [0.3, 0.4) is 0 Å². The molecule has 104 valence electrons. The molecule has 0 aliphatic heterocycles. The van der Waals surface area contributed by atoms with Crippen molar-refractivity contribution in [3.63, 3.8) is 0 Å². The average molecular weight is 292 g/mol. The molecule has 0 bridgehead atoms. The second kappa shape index (κ2) is 6.79. The van der Waals surface area contributed by atoms with Gasteiger partial charge in [-0.25, -0.2) is 14.0 Å². The summed E-state index contributed by atoms with van der Waals surface area (Å²) in [5.41, 5.74) is -0.234. The lowest BCUT2D eigenvalue weighted by Crippen LogP contribution is -2.15. The van der Waals surface area contributed by atoms with Crippen molar-refractivity contribution in [2.45, 2.75) is 6.92 Å². The van der Waals surface area contributed by atoms with E-state index in [0.29, 0.717) is 0 Å². The zero-order chi connectivity index (χ0) is 14.4. The summed E-state index contributed by atoms with van der Waals surface area (Å²) in [6.45, 7) is 1.73. The van der Waals surface area contributed by atoms with Gasteiger partial charge in [-0.3, -0.25) is 5.32 Å². The van der Waals surface area contributed by atoms with Gasteiger partial charge < -0.3 is 14.2 Å². The van der Waals surface area contributed by atoms with Crippen LogP contribution in [0.4, 0.5) is 19.7 Å². The largest absolute Gasteiger partial charge is 0.513 e. The fourth-order valence-electron chi connectivity index (χ4n) is 1.11. The Bertz CT molecular complexity index is 494. The van der Waals surface area contributed by atoms with Crippen molar-refractivity contribution in [2.75, 3.05) is 19.0 Å². The van der Waals surface area contributed by atoms with Gasteiger partial charge in [0.15, 0.2) is 5.75 Å². The highest BCUT2D eigenvalue weighted by Crippen LogP contribution is 2.30. The first kappa shape index (κ1) is 15.0. The van der Waals surface area contributed by atoms with Crippen LogP contribution in [-0.2, 0) is 9.47 Å². The van der Waals surface area contributed by atoms with Crippen molar-refractivity contribution in [3.8, 4) is 5.75 Å². The molecule has 8 heteroatoms. The molecule has 0 saturated carbocycles. The van der Waals surface area contributed by atoms with Crippen LogP contribution in [-0.4, -0.2) is 26.0 Å². The van der Waals surface area contributed by atoms with Crippen LogP contribution in [0.5, 0.6) is 5.75 Å². The molecule has 0 unspecified atom stereocenters. The summed E-state index contributed by atoms with van der Waals surface area (Å²) in [6, 6.07) is 1.94. The summed E-state index contributed by atoms with van der Waals surface area (Å²) in [5.74, 6) is -0.947. The highest BCUT2D eigenvalue weighted by Gasteiger charge is 2.15. The van der Waals surface area contributed by atoms with Crippen LogP contribution in [0.15, 0.2) is 12.1 Å². The lowest BCUT2D eigenvalue weighted by atomic mass is 10.3. The van der Waals surface area contributed by atoms with Crippen LogP contribution in [0, 0.1) is 5.82 Å². The lowest BCUT2D eigenvalue weighted by molar-refractivity contribution is 0.121. The van der Waals surface area contributed by atoms with Gasteiger partial charge in [0.1, 0.15) is 5.82 Å². The van der Waals surface area contributed by atoms with Gasteiger partial charge in [0, 0.05) is 6.07 Å². The van der Waals surface area contributed by atoms with Crippen LogP contribution in [0.2, 0.25) is 5.02 Å². The normalized spacial score (nSPS) is 9.68. The van der Waals surface area contributed by atoms with Gasteiger partial charge in [0.25, 0.3) is 0 Å². The number of hydrogen-bond donors (Lipinski definition) is 1. The molecule has 1 rings (SSSR count). The summed E-state index contributed by atoms with van der Waals surface area (Å²) in [7, 11) is 1.11. The highest BCUT2D eigenvalue weighted by molar-refractivity contribution is 6.32. The monoisotopic (exact) mass is 291 g/mol. The third kappa shape index (κ3) is 4.29. The van der Waals surface area contributed by atoms with E-state index < -0.39 is 18.1 Å². The number of rotatable bonds is 3. The predicted molar refractivity (Wildman–Crippen MR) is 65.1 cm³/mol. The second-order valence-corrected chi connectivity index (χ2v) is 3.57. The molecule has 6 nitrogen and oxygen atoms in total. The van der Waals surface area contributed by atoms with Gasteiger partial charge in [-0.2, -0.15) is 0 Å². The van der Waals surface area contributed by atoms with Crippen molar-refractivity contribution in [2.24, 2.45) is 0 Å². The van der Waals surface area contributed by atoms with E-state index in [9.17, 15) is 14.0 Å². The van der Waals surface area contributed by atoms with E-state index in [0.717, 1.165) is 19.2 Å². The third-order valence-corrected chi connectivity index (χ3v) is 2.19. The SMILES string of the molecule is CCOC(=O)Nc1cc(OC(=O)OC)c(Cl)cc1F. The highest BCUT2D eigenvalue weighted by atomic mass is 35.5. The summed E-state index contributed by atoms with van der Waals surface area (Å²) >= 11 is 5.68. The topological polar surface area (TPSA) is 73.9 Å². The molecule has 19 heavy (non-hydrogen) atoms. The summed E-state index contributed by atoms with van der Waals surface area (Å²) < 4.78 is 27.1. The Morgan fingerprint density at radius 1 is 1.42 bits per heavy atom. The molecule has 0 aliphatic carbocycles. The number of benzene rings is 1. The van der Waals surface area contributed by atoms with Crippen LogP contribution < -0.4 is 10.1 Å². The molecule has 0 heterocycles. The number of halogens is 2. The van der Waals surface area contributed by atoms with Crippen molar-refractivity contribution in [3.05, 3.63) is 23.0 Å². The van der Waals surface area contributed by atoms with Crippen molar-refractivity contribution in [1.29, 1.82) is 0 Å². The van der Waals surface area contributed by atoms with Gasteiger partial charge in [-0.05, 0) is 13.0 Å². The van der Waals surface area contributed by atoms with E-state index in [4.69, 9.17) is 11.6 Å². The molecule has 1 N–H and O–H groups in total. The Morgan fingerprint density at radius 2 is 2.11 bits per heavy atom. The van der Waals surface area contributed by atoms with E-state index in [-0.39, 0.29) is 23.1 Å². The maximum Gasteiger partial charge on any atom is 0.513 e. The van der Waals surface area contributed by atoms with Crippen molar-refractivity contribution in [1.82, 2.24) is 0 Å². The minimum Gasteiger partial charge on any atom is -0.450 e. The van der Waals surface area contributed by atoms with Crippen LogP contribution >= 0.6 is 11.6 Å². The molecule has 0 fully saturated rings. The van der Waals surface area contributed by atoms with Gasteiger partial charge in [-0.15, -0.1) is 0 Å². The second-order valence-electron chi connectivity index (χ2n) is 3.16. The predicted octanol–water partition coefficient (Wildman–Crippen LogP) is 3.19. The molecular formula is C11H11ClFNO5. The minimum absolute atomic E-state index is 0.132. The first-order valence-corrected chi connectivity index (χ1v) is 5.54. The lowest BCUT2D eigenvalue weighted by Gasteiger charge is -2.10. The van der Waals surface area contributed by atoms with Gasteiger partial charge in [0.2, 0.25) is 0 Å². The van der Waals surface area contributed by atoms with E-state index in [1.54, 1.807) is 6.92 Å². The molecule has 0 aromatic heterocycles. The van der Waals surface area contributed by atoms with E-state index in [2.05, 4.69) is 19.5 Å². The Morgan fingerprint density at radius 3 is 2.68 bits per heavy atom. The molecule has 1 aromatic rings. The summed E-state index contributed by atoms with van der Waals surface area (Å²) in [5, 5.41) is 2.00. The molecule has 0 atom stereocenters. The molecule has 0 aliphatic rings. The molecule has 0 saturated heterocycles. The van der Waals surface area contributed by atoms with Crippen LogP contribution in [0.1, 0.15) is 6.92 Å². The number of carbonyl (C=O) groups excluding carboxylic acids is 2. The standard InChI is InChI=1S/C11H11ClFNO5/c1-3-18-10(15)14-8-5-9(19-11(16)17-2)6(12)4-7(8)13/h4-5H,3H2,1-2H3,(H,14,15). The van der Waals surface area contributed by atoms with E-state index >= 15 is 0 Å². The summed E-state index contributed by atoms with van der Waals surface area (Å²) in [6.07, 6.45) is -1.86. The van der Waals surface area contributed by atoms with Crippen molar-refractivity contribution >= 4 is 29.5 Å². The zero-order valence-electron chi connectivity index (χ0n) is 10.2. The van der Waals surface area contributed by atoms with Crippen LogP contribution in [0.25, 0.3) is 0 Å². The number of methoxy groups -OCH3 is 1. The fourth-order valence-corrected chi connectivity index (χ4v) is 1.30. The number of nitrogens with one attached hydrogen (secondary N) is 1. The molecule has 0 radical (unpaired) electrons. The van der Waals surface area contributed by atoms with E-state index in [1.807, 2.05) is 0 Å². The number of ether oxygens (including phenoxy) is 3. The Labute approximate surface area is 113 Å². The molecular weight excluding hydrogens is 281 g/mol. The first-order chi connectivity index (χ1) is 8.97. The van der Waals surface area contributed by atoms with Crippen molar-refractivity contribution < 1.29 is 28.2 Å². The maximum atomic E-state index is 13.5. The van der Waals surface area contributed by atoms with Gasteiger partial charge in [-0.1, -0.05) is 11.6 Å². The smallest absolute Gasteiger partial charge is 0.450 e. The Balaban J connectivity index is 2.95. The first-order valence-electron chi connectivity index (χ1n) is 5.16. The molecule has 1 amide bonds. The number of hydrogen-bond acceptors (Lipinski definition) is 5. The fraction of sp³-hybridized carbons (Fsp3) is 0.273. The zero-order valence-corrected chi connectivity index (χ0v) is 10.9. The van der Waals surface area contributed by atoms with Gasteiger partial charge >= 0.3 is 12.2 Å². The quantitative estimate of drug-likeness (QED) is 0.684. The summed E-state index contributed by atoms with van der Waals surface area (Å²) in [4.78, 5) is 22.1. The number of carbonyl (C=O) groups is 2. The molecule has 0 spiro atoms. The molecule has 1 aromatic carbocycles. The number of amides is 1. The van der Waals surface area contributed by atoms with Gasteiger partial charge in [0.05, 0.1) is 24.4 Å². The third-order valence-electron chi connectivity index (χ3n) is 1.89. The Kier molecular flexibility index (Phi) is 5.37. The minimum atomic E-state index is -1.02. The Hall–Kier alpha value is -2.02.